The van der Waals surface area contributed by atoms with Gasteiger partial charge in [-0.15, -0.1) is 0 Å². The van der Waals surface area contributed by atoms with Crippen molar-refractivity contribution in [1.29, 1.82) is 0 Å². The number of primary amides is 1. The van der Waals surface area contributed by atoms with Gasteiger partial charge in [0, 0.05) is 0 Å². The molecular formula is C8H15NO6. The fourth-order valence-corrected chi connectivity index (χ4v) is 1.55. The van der Waals surface area contributed by atoms with E-state index in [1.807, 2.05) is 0 Å². The number of nitrogens with two attached hydrogens (primary N) is 1. The van der Waals surface area contributed by atoms with E-state index in [2.05, 4.69) is 0 Å². The molecule has 0 aromatic rings. The van der Waals surface area contributed by atoms with Crippen LogP contribution in [-0.2, 0) is 9.53 Å². The molecule has 0 unspecified atom stereocenters. The van der Waals surface area contributed by atoms with Gasteiger partial charge in [-0.3, -0.25) is 4.79 Å². The molecule has 0 spiro atoms. The van der Waals surface area contributed by atoms with Crippen LogP contribution in [0.25, 0.3) is 0 Å². The summed E-state index contributed by atoms with van der Waals surface area (Å²) < 4.78 is 5.03. The van der Waals surface area contributed by atoms with E-state index >= 15 is 0 Å². The molecule has 0 saturated carbocycles. The number of ether oxygens (including phenoxy) is 1. The lowest BCUT2D eigenvalue weighted by molar-refractivity contribution is -0.229. The monoisotopic (exact) mass is 221 g/mol. The molecule has 6 N–H and O–H groups in total. The van der Waals surface area contributed by atoms with Gasteiger partial charge in [-0.05, 0) is 0 Å². The minimum Gasteiger partial charge on any atom is -0.394 e. The largest absolute Gasteiger partial charge is 0.394 e. The van der Waals surface area contributed by atoms with Gasteiger partial charge in [0.05, 0.1) is 19.1 Å². The van der Waals surface area contributed by atoms with Crippen LogP contribution in [0.15, 0.2) is 0 Å². The van der Waals surface area contributed by atoms with Crippen molar-refractivity contribution >= 4 is 5.91 Å². The molecule has 7 heteroatoms. The van der Waals surface area contributed by atoms with Gasteiger partial charge in [0.15, 0.2) is 0 Å². The molecule has 1 saturated heterocycles. The second-order valence-corrected chi connectivity index (χ2v) is 3.54. The minimum atomic E-state index is -1.46. The molecule has 0 aromatic heterocycles. The second-order valence-electron chi connectivity index (χ2n) is 3.54. The third-order valence-corrected chi connectivity index (χ3v) is 2.39. The third-order valence-electron chi connectivity index (χ3n) is 2.39. The van der Waals surface area contributed by atoms with E-state index in [1.165, 1.54) is 0 Å². The summed E-state index contributed by atoms with van der Waals surface area (Å²) in [7, 11) is 0. The molecule has 1 aliphatic rings. The topological polar surface area (TPSA) is 133 Å². The number of hydrogen-bond acceptors (Lipinski definition) is 6. The Balaban J connectivity index is 2.69. The van der Waals surface area contributed by atoms with Crippen molar-refractivity contribution < 1.29 is 30.0 Å². The molecule has 1 heterocycles. The summed E-state index contributed by atoms with van der Waals surface area (Å²) in [6, 6.07) is 0. The van der Waals surface area contributed by atoms with Crippen LogP contribution in [0, 0.1) is 0 Å². The summed E-state index contributed by atoms with van der Waals surface area (Å²) in [4.78, 5) is 10.6. The first-order valence-corrected chi connectivity index (χ1v) is 4.56. The molecular weight excluding hydrogens is 206 g/mol. The molecule has 5 atom stereocenters. The standard InChI is InChI=1S/C8H15NO6/c9-5(11)1-3-6(12)8(14)7(13)4(2-10)15-3/h3-4,6-8,10,12-14H,1-2H2,(H2,9,11)/t3-,4+,6+,7+,8+/m0/s1. The van der Waals surface area contributed by atoms with Crippen molar-refractivity contribution in [2.75, 3.05) is 6.61 Å². The van der Waals surface area contributed by atoms with Gasteiger partial charge in [0.2, 0.25) is 5.91 Å². The van der Waals surface area contributed by atoms with Gasteiger partial charge in [0.1, 0.15) is 24.4 Å². The van der Waals surface area contributed by atoms with Gasteiger partial charge in [-0.25, -0.2) is 0 Å². The van der Waals surface area contributed by atoms with Crippen LogP contribution in [0.4, 0.5) is 0 Å². The van der Waals surface area contributed by atoms with E-state index in [0.29, 0.717) is 0 Å². The number of aliphatic hydroxyl groups excluding tert-OH is 4. The zero-order chi connectivity index (χ0) is 11.6. The van der Waals surface area contributed by atoms with E-state index in [9.17, 15) is 20.1 Å². The number of carbonyl (C=O) groups is 1. The van der Waals surface area contributed by atoms with Gasteiger partial charge >= 0.3 is 0 Å². The highest BCUT2D eigenvalue weighted by atomic mass is 16.5. The zero-order valence-corrected chi connectivity index (χ0v) is 7.98. The number of amides is 1. The number of hydrogen-bond donors (Lipinski definition) is 5. The molecule has 0 radical (unpaired) electrons. The Morgan fingerprint density at radius 3 is 2.13 bits per heavy atom. The summed E-state index contributed by atoms with van der Waals surface area (Å²) in [6.45, 7) is -0.514. The molecule has 88 valence electrons. The summed E-state index contributed by atoms with van der Waals surface area (Å²) in [6.07, 6.45) is -6.53. The number of rotatable bonds is 3. The van der Waals surface area contributed by atoms with Crippen molar-refractivity contribution in [3.63, 3.8) is 0 Å². The molecule has 0 aliphatic carbocycles. The normalized spacial score (nSPS) is 41.5. The van der Waals surface area contributed by atoms with Crippen LogP contribution in [0.5, 0.6) is 0 Å². The smallest absolute Gasteiger partial charge is 0.220 e. The van der Waals surface area contributed by atoms with Crippen molar-refractivity contribution in [2.24, 2.45) is 5.73 Å². The maximum absolute atomic E-state index is 10.6. The minimum absolute atomic E-state index is 0.276. The van der Waals surface area contributed by atoms with Gasteiger partial charge in [0.25, 0.3) is 0 Å². The highest BCUT2D eigenvalue weighted by Gasteiger charge is 2.43. The van der Waals surface area contributed by atoms with Crippen molar-refractivity contribution in [2.45, 2.75) is 36.9 Å². The molecule has 1 aliphatic heterocycles. The lowest BCUT2D eigenvalue weighted by Crippen LogP contribution is -2.59. The fraction of sp³-hybridized carbons (Fsp3) is 0.875. The first-order valence-electron chi connectivity index (χ1n) is 4.56. The molecule has 1 fully saturated rings. The van der Waals surface area contributed by atoms with E-state index in [1.54, 1.807) is 0 Å². The Morgan fingerprint density at radius 1 is 1.13 bits per heavy atom. The lowest BCUT2D eigenvalue weighted by Gasteiger charge is -2.39. The molecule has 0 bridgehead atoms. The molecule has 7 nitrogen and oxygen atoms in total. The van der Waals surface area contributed by atoms with Crippen molar-refractivity contribution in [3.8, 4) is 0 Å². The second kappa shape index (κ2) is 4.86. The Labute approximate surface area is 86.1 Å². The van der Waals surface area contributed by atoms with Gasteiger partial charge in [-0.1, -0.05) is 0 Å². The first kappa shape index (κ1) is 12.3. The highest BCUT2D eigenvalue weighted by molar-refractivity contribution is 5.74. The van der Waals surface area contributed by atoms with Crippen LogP contribution in [0.2, 0.25) is 0 Å². The SMILES string of the molecule is NC(=O)C[C@@H]1O[C@H](CO)[C@@H](O)[C@H](O)[C@@H]1O. The highest BCUT2D eigenvalue weighted by Crippen LogP contribution is 2.22. The van der Waals surface area contributed by atoms with Gasteiger partial charge < -0.3 is 30.9 Å². The van der Waals surface area contributed by atoms with E-state index in [-0.39, 0.29) is 6.42 Å². The van der Waals surface area contributed by atoms with Crippen LogP contribution in [0.3, 0.4) is 0 Å². The Hall–Kier alpha value is -0.730. The summed E-state index contributed by atoms with van der Waals surface area (Å²) in [5, 5.41) is 37.0. The van der Waals surface area contributed by atoms with Crippen LogP contribution >= 0.6 is 0 Å². The van der Waals surface area contributed by atoms with Crippen LogP contribution in [0.1, 0.15) is 6.42 Å². The quantitative estimate of drug-likeness (QED) is 0.339. The van der Waals surface area contributed by atoms with Gasteiger partial charge in [-0.2, -0.15) is 0 Å². The molecule has 1 amide bonds. The lowest BCUT2D eigenvalue weighted by atomic mass is 9.93. The molecule has 0 aromatic carbocycles. The van der Waals surface area contributed by atoms with E-state index in [4.69, 9.17) is 15.6 Å². The van der Waals surface area contributed by atoms with Crippen LogP contribution < -0.4 is 5.73 Å². The number of carbonyl (C=O) groups excluding carboxylic acids is 1. The summed E-state index contributed by atoms with van der Waals surface area (Å²) in [5.41, 5.74) is 4.92. The fourth-order valence-electron chi connectivity index (χ4n) is 1.55. The summed E-state index contributed by atoms with van der Waals surface area (Å²) in [5.74, 6) is -0.695. The first-order chi connectivity index (χ1) is 6.97. The Bertz CT molecular complexity index is 233. The third kappa shape index (κ3) is 2.64. The average molecular weight is 221 g/mol. The predicted molar refractivity (Wildman–Crippen MR) is 47.6 cm³/mol. The molecule has 1 rings (SSSR count). The number of aliphatic hydroxyl groups is 4. The van der Waals surface area contributed by atoms with Crippen molar-refractivity contribution in [3.05, 3.63) is 0 Å². The zero-order valence-electron chi connectivity index (χ0n) is 7.98. The predicted octanol–water partition coefficient (Wildman–Crippen LogP) is -3.30. The Kier molecular flexibility index (Phi) is 4.00. The Morgan fingerprint density at radius 2 is 1.67 bits per heavy atom. The van der Waals surface area contributed by atoms with Crippen molar-refractivity contribution in [1.82, 2.24) is 0 Å². The van der Waals surface area contributed by atoms with E-state index in [0.717, 1.165) is 0 Å². The summed E-state index contributed by atoms with van der Waals surface area (Å²) >= 11 is 0. The van der Waals surface area contributed by atoms with E-state index < -0.39 is 43.0 Å². The maximum atomic E-state index is 10.6. The molecule has 15 heavy (non-hydrogen) atoms. The average Bonchev–Trinajstić information content (AvgIpc) is 2.18. The van der Waals surface area contributed by atoms with Crippen LogP contribution in [-0.4, -0.2) is 63.5 Å². The maximum Gasteiger partial charge on any atom is 0.220 e.